The molecule has 0 radical (unpaired) electrons. The van der Waals surface area contributed by atoms with E-state index in [0.717, 1.165) is 54.5 Å². The number of amides is 1. The second kappa shape index (κ2) is 8.71. The van der Waals surface area contributed by atoms with E-state index in [2.05, 4.69) is 41.1 Å². The van der Waals surface area contributed by atoms with Crippen LogP contribution in [-0.4, -0.2) is 53.3 Å². The van der Waals surface area contributed by atoms with Crippen LogP contribution in [0.5, 0.6) is 0 Å². The van der Waals surface area contributed by atoms with Gasteiger partial charge in [-0.15, -0.1) is 0 Å². The Balaban J connectivity index is 1.37. The fraction of sp³-hybridized carbons (Fsp3) is 0.333. The Hall–Kier alpha value is -3.12. The maximum atomic E-state index is 12.4. The summed E-state index contributed by atoms with van der Waals surface area (Å²) in [5, 5.41) is 7.78. The van der Waals surface area contributed by atoms with Crippen LogP contribution in [0.25, 0.3) is 5.69 Å². The lowest BCUT2D eigenvalue weighted by atomic mass is 10.2. The van der Waals surface area contributed by atoms with Crippen molar-refractivity contribution in [1.82, 2.24) is 14.7 Å². The molecule has 156 valence electrons. The molecule has 4 rings (SSSR count). The van der Waals surface area contributed by atoms with Gasteiger partial charge in [0.05, 0.1) is 29.3 Å². The zero-order valence-electron chi connectivity index (χ0n) is 17.9. The average molecular weight is 404 g/mol. The molecule has 0 unspecified atom stereocenters. The van der Waals surface area contributed by atoms with Gasteiger partial charge in [0.2, 0.25) is 5.91 Å². The van der Waals surface area contributed by atoms with Crippen LogP contribution in [0, 0.1) is 20.8 Å². The number of anilines is 2. The van der Waals surface area contributed by atoms with Gasteiger partial charge >= 0.3 is 0 Å². The Kier molecular flexibility index (Phi) is 5.86. The zero-order valence-corrected chi connectivity index (χ0v) is 17.9. The van der Waals surface area contributed by atoms with Gasteiger partial charge in [0, 0.05) is 31.9 Å². The number of hydrogen-bond acceptors (Lipinski definition) is 4. The molecule has 1 aliphatic heterocycles. The highest BCUT2D eigenvalue weighted by molar-refractivity contribution is 5.92. The molecule has 0 bridgehead atoms. The van der Waals surface area contributed by atoms with Crippen LogP contribution in [0.15, 0.2) is 54.6 Å². The summed E-state index contributed by atoms with van der Waals surface area (Å²) in [6.45, 7) is 10.1. The van der Waals surface area contributed by atoms with Crippen molar-refractivity contribution in [2.24, 2.45) is 0 Å². The van der Waals surface area contributed by atoms with Crippen molar-refractivity contribution in [3.8, 4) is 5.69 Å². The summed E-state index contributed by atoms with van der Waals surface area (Å²) < 4.78 is 2.02. The second-order valence-electron chi connectivity index (χ2n) is 7.95. The van der Waals surface area contributed by atoms with Crippen LogP contribution < -0.4 is 10.2 Å². The number of benzene rings is 2. The van der Waals surface area contributed by atoms with Gasteiger partial charge in [0.1, 0.15) is 0 Å². The number of piperazine rings is 1. The maximum absolute atomic E-state index is 12.4. The third kappa shape index (κ3) is 4.39. The number of aryl methyl sites for hydroxylation is 2. The predicted octanol–water partition coefficient (Wildman–Crippen LogP) is 3.56. The molecule has 0 atom stereocenters. The van der Waals surface area contributed by atoms with Crippen molar-refractivity contribution in [2.45, 2.75) is 20.8 Å². The minimum atomic E-state index is 0.0401. The molecule has 6 nitrogen and oxygen atoms in total. The van der Waals surface area contributed by atoms with Crippen LogP contribution in [0.2, 0.25) is 0 Å². The van der Waals surface area contributed by atoms with E-state index in [1.807, 2.05) is 54.1 Å². The van der Waals surface area contributed by atoms with E-state index in [9.17, 15) is 4.79 Å². The highest BCUT2D eigenvalue weighted by Crippen LogP contribution is 2.27. The molecule has 1 amide bonds. The molecular weight excluding hydrogens is 374 g/mol. The van der Waals surface area contributed by atoms with Gasteiger partial charge in [0.15, 0.2) is 0 Å². The topological polar surface area (TPSA) is 53.4 Å². The van der Waals surface area contributed by atoms with Gasteiger partial charge < -0.3 is 10.2 Å². The van der Waals surface area contributed by atoms with Crippen LogP contribution in [0.4, 0.5) is 11.4 Å². The van der Waals surface area contributed by atoms with E-state index >= 15 is 0 Å². The first-order valence-corrected chi connectivity index (χ1v) is 10.5. The summed E-state index contributed by atoms with van der Waals surface area (Å²) in [6.07, 6.45) is 0. The smallest absolute Gasteiger partial charge is 0.238 e. The summed E-state index contributed by atoms with van der Waals surface area (Å²) >= 11 is 0. The van der Waals surface area contributed by atoms with E-state index in [4.69, 9.17) is 5.10 Å². The van der Waals surface area contributed by atoms with Crippen LogP contribution in [0.3, 0.4) is 0 Å². The van der Waals surface area contributed by atoms with Crippen molar-refractivity contribution < 1.29 is 4.79 Å². The third-order valence-corrected chi connectivity index (χ3v) is 5.61. The largest absolute Gasteiger partial charge is 0.366 e. The Morgan fingerprint density at radius 3 is 2.40 bits per heavy atom. The molecule has 3 aromatic rings. The molecule has 1 fully saturated rings. The molecular formula is C24H29N5O. The lowest BCUT2D eigenvalue weighted by Crippen LogP contribution is -2.49. The number of nitrogens with one attached hydrogen (secondary N) is 1. The summed E-state index contributed by atoms with van der Waals surface area (Å²) in [5.41, 5.74) is 6.49. The van der Waals surface area contributed by atoms with Gasteiger partial charge in [-0.3, -0.25) is 9.69 Å². The Bertz CT molecular complexity index is 1020. The van der Waals surface area contributed by atoms with E-state index in [-0.39, 0.29) is 5.91 Å². The lowest BCUT2D eigenvalue weighted by molar-refractivity contribution is -0.117. The van der Waals surface area contributed by atoms with E-state index in [1.165, 1.54) is 5.69 Å². The van der Waals surface area contributed by atoms with Gasteiger partial charge in [0.25, 0.3) is 0 Å². The first-order chi connectivity index (χ1) is 14.5. The molecule has 0 spiro atoms. The lowest BCUT2D eigenvalue weighted by Gasteiger charge is -2.35. The summed E-state index contributed by atoms with van der Waals surface area (Å²) in [5.74, 6) is 0.0401. The van der Waals surface area contributed by atoms with Gasteiger partial charge in [-0.1, -0.05) is 30.3 Å². The van der Waals surface area contributed by atoms with Crippen molar-refractivity contribution in [3.05, 3.63) is 71.5 Å². The number of carbonyl (C=O) groups is 1. The molecule has 6 heteroatoms. The maximum Gasteiger partial charge on any atom is 0.238 e. The molecule has 1 saturated heterocycles. The first kappa shape index (κ1) is 20.2. The van der Waals surface area contributed by atoms with Crippen molar-refractivity contribution in [2.75, 3.05) is 42.9 Å². The zero-order chi connectivity index (χ0) is 21.1. The molecule has 2 aromatic carbocycles. The monoisotopic (exact) mass is 403 g/mol. The quantitative estimate of drug-likeness (QED) is 0.708. The number of nitrogens with zero attached hydrogens (tertiary/aromatic N) is 4. The van der Waals surface area contributed by atoms with Crippen LogP contribution in [-0.2, 0) is 4.79 Å². The molecule has 2 heterocycles. The summed E-state index contributed by atoms with van der Waals surface area (Å²) in [4.78, 5) is 17.0. The fourth-order valence-electron chi connectivity index (χ4n) is 4.17. The number of aromatic nitrogens is 2. The second-order valence-corrected chi connectivity index (χ2v) is 7.95. The normalized spacial score (nSPS) is 14.7. The molecule has 1 aliphatic rings. The van der Waals surface area contributed by atoms with Crippen LogP contribution in [0.1, 0.15) is 17.0 Å². The minimum absolute atomic E-state index is 0.0401. The van der Waals surface area contributed by atoms with E-state index < -0.39 is 0 Å². The Labute approximate surface area is 178 Å². The summed E-state index contributed by atoms with van der Waals surface area (Å²) in [6, 6.07) is 18.2. The van der Waals surface area contributed by atoms with Crippen LogP contribution >= 0.6 is 0 Å². The molecule has 1 N–H and O–H groups in total. The van der Waals surface area contributed by atoms with E-state index in [1.54, 1.807) is 0 Å². The molecule has 0 aliphatic carbocycles. The van der Waals surface area contributed by atoms with Crippen molar-refractivity contribution in [1.29, 1.82) is 0 Å². The highest BCUT2D eigenvalue weighted by atomic mass is 16.2. The van der Waals surface area contributed by atoms with Gasteiger partial charge in [-0.2, -0.15) is 5.10 Å². The minimum Gasteiger partial charge on any atom is -0.366 e. The first-order valence-electron chi connectivity index (χ1n) is 10.5. The third-order valence-electron chi connectivity index (χ3n) is 5.61. The average Bonchev–Trinajstić information content (AvgIpc) is 3.03. The fourth-order valence-corrected chi connectivity index (χ4v) is 4.17. The van der Waals surface area contributed by atoms with Crippen molar-refractivity contribution >= 4 is 17.3 Å². The number of para-hydroxylation sites is 1. The molecule has 1 aromatic heterocycles. The Morgan fingerprint density at radius 2 is 1.70 bits per heavy atom. The number of carbonyl (C=O) groups excluding carboxylic acids is 1. The molecule has 30 heavy (non-hydrogen) atoms. The van der Waals surface area contributed by atoms with Gasteiger partial charge in [-0.05, 0) is 50.6 Å². The number of rotatable bonds is 5. The SMILES string of the molecule is Cc1cccc(NC(=O)CN2CCN(c3c(C)nn(-c4ccccc4)c3C)CC2)c1. The highest BCUT2D eigenvalue weighted by Gasteiger charge is 2.24. The van der Waals surface area contributed by atoms with E-state index in [0.29, 0.717) is 6.54 Å². The predicted molar refractivity (Wildman–Crippen MR) is 121 cm³/mol. The molecule has 0 saturated carbocycles. The standard InChI is InChI=1S/C24H29N5O/c1-18-8-7-9-21(16-18)25-23(30)17-27-12-14-28(15-13-27)24-19(2)26-29(20(24)3)22-10-5-4-6-11-22/h4-11,16H,12-15,17H2,1-3H3,(H,25,30). The number of hydrogen-bond donors (Lipinski definition) is 1. The summed E-state index contributed by atoms with van der Waals surface area (Å²) in [7, 11) is 0. The van der Waals surface area contributed by atoms with Crippen molar-refractivity contribution in [3.63, 3.8) is 0 Å². The van der Waals surface area contributed by atoms with Gasteiger partial charge in [-0.25, -0.2) is 4.68 Å². The Morgan fingerprint density at radius 1 is 0.967 bits per heavy atom.